The molecule has 0 radical (unpaired) electrons. The third-order valence-electron chi connectivity index (χ3n) is 15.2. The van der Waals surface area contributed by atoms with E-state index in [2.05, 4.69) is 44.0 Å². The molecule has 7 nitrogen and oxygen atoms in total. The number of amides is 1. The fourth-order valence-corrected chi connectivity index (χ4v) is 13.1. The fraction of sp³-hybridized carbons (Fsp3) is 0.725. The number of carboxylic acid groups (broad SMARTS) is 1. The van der Waals surface area contributed by atoms with Crippen molar-refractivity contribution in [2.75, 3.05) is 39.3 Å². The summed E-state index contributed by atoms with van der Waals surface area (Å²) in [5, 5.41) is 13.6. The molecular weight excluding hydrogens is 586 g/mol. The van der Waals surface area contributed by atoms with Gasteiger partial charge in [0, 0.05) is 44.8 Å². The number of carboxylic acids is 1. The van der Waals surface area contributed by atoms with E-state index in [-0.39, 0.29) is 16.7 Å². The van der Waals surface area contributed by atoms with Gasteiger partial charge in [0.05, 0.1) is 5.56 Å². The largest absolute Gasteiger partial charge is 0.478 e. The number of hydrogen-bond acceptors (Lipinski definition) is 5. The van der Waals surface area contributed by atoms with Crippen molar-refractivity contribution < 1.29 is 19.5 Å². The molecule has 0 spiro atoms. The molecule has 5 fully saturated rings. The van der Waals surface area contributed by atoms with Gasteiger partial charge in [-0.1, -0.05) is 52.3 Å². The van der Waals surface area contributed by atoms with Crippen molar-refractivity contribution >= 4 is 23.7 Å². The first-order valence-corrected chi connectivity index (χ1v) is 18.7. The number of piperazine rings is 1. The molecule has 1 aliphatic heterocycles. The summed E-state index contributed by atoms with van der Waals surface area (Å²) in [5.74, 6) is 2.56. The lowest BCUT2D eigenvalue weighted by molar-refractivity contribution is -0.172. The Kier molecular flexibility index (Phi) is 8.51. The molecule has 4 unspecified atom stereocenters. The molecule has 6 aliphatic rings. The summed E-state index contributed by atoms with van der Waals surface area (Å²) in [7, 11) is 0. The Balaban J connectivity index is 1.04. The highest BCUT2D eigenvalue weighted by Gasteiger charge is 2.65. The van der Waals surface area contributed by atoms with Crippen LogP contribution < -0.4 is 5.32 Å². The third-order valence-corrected chi connectivity index (χ3v) is 15.2. The average molecular weight is 644 g/mol. The van der Waals surface area contributed by atoms with Crippen LogP contribution in [0.1, 0.15) is 108 Å². The normalized spacial score (nSPS) is 39.5. The predicted molar refractivity (Wildman–Crippen MR) is 185 cm³/mol. The Morgan fingerprint density at radius 2 is 1.62 bits per heavy atom. The number of nitrogens with one attached hydrogen (secondary N) is 1. The number of aromatic carboxylic acids is 1. The molecular formula is C40H57N3O4. The minimum Gasteiger partial charge on any atom is -0.478 e. The number of hydrogen-bond donors (Lipinski definition) is 2. The van der Waals surface area contributed by atoms with Crippen molar-refractivity contribution in [3.63, 3.8) is 0 Å². The fourth-order valence-electron chi connectivity index (χ4n) is 13.1. The average Bonchev–Trinajstić information content (AvgIpc) is 3.49. The van der Waals surface area contributed by atoms with Crippen molar-refractivity contribution in [3.05, 3.63) is 41.5 Å². The SMILES string of the molecule is CC1(C)C(c2ccc(C(=O)O)cc2)=CC[C@@]2(C)C1CC[C@@]1(C)C3CC[C@@]4(NCCN5CCN(C(=O)C=O)CC5)CCCC4[C@H]3CCC12. The summed E-state index contributed by atoms with van der Waals surface area (Å²) in [5.41, 5.74) is 3.97. The lowest BCUT2D eigenvalue weighted by Crippen LogP contribution is -2.64. The zero-order chi connectivity index (χ0) is 33.2. The van der Waals surface area contributed by atoms with E-state index in [9.17, 15) is 19.5 Å². The van der Waals surface area contributed by atoms with Crippen LogP contribution in [0.2, 0.25) is 0 Å². The van der Waals surface area contributed by atoms with Crippen LogP contribution in [0.3, 0.4) is 0 Å². The van der Waals surface area contributed by atoms with E-state index in [1.807, 2.05) is 12.1 Å². The van der Waals surface area contributed by atoms with Crippen molar-refractivity contribution in [1.29, 1.82) is 0 Å². The molecule has 0 bridgehead atoms. The molecule has 256 valence electrons. The lowest BCUT2D eigenvalue weighted by atomic mass is 9.37. The number of rotatable bonds is 7. The van der Waals surface area contributed by atoms with Gasteiger partial charge in [-0.2, -0.15) is 0 Å². The second kappa shape index (κ2) is 12.1. The van der Waals surface area contributed by atoms with Crippen LogP contribution in [0.25, 0.3) is 5.57 Å². The number of fused-ring (bicyclic) bond motifs is 7. The lowest BCUT2D eigenvalue weighted by Gasteiger charge is -2.68. The molecule has 1 amide bonds. The summed E-state index contributed by atoms with van der Waals surface area (Å²) in [6.45, 7) is 15.3. The molecule has 4 saturated carbocycles. The minimum absolute atomic E-state index is 0.0453. The van der Waals surface area contributed by atoms with Crippen LogP contribution in [0, 0.1) is 45.8 Å². The maximum atomic E-state index is 11.8. The second-order valence-electron chi connectivity index (χ2n) is 17.3. The van der Waals surface area contributed by atoms with Gasteiger partial charge in [-0.15, -0.1) is 0 Å². The van der Waals surface area contributed by atoms with Gasteiger partial charge >= 0.3 is 5.97 Å². The zero-order valence-corrected chi connectivity index (χ0v) is 29.2. The Bertz CT molecular complexity index is 1410. The predicted octanol–water partition coefficient (Wildman–Crippen LogP) is 6.53. The zero-order valence-electron chi connectivity index (χ0n) is 29.2. The van der Waals surface area contributed by atoms with Crippen LogP contribution in [0.4, 0.5) is 0 Å². The molecule has 1 aromatic carbocycles. The van der Waals surface area contributed by atoms with Gasteiger partial charge < -0.3 is 15.3 Å². The van der Waals surface area contributed by atoms with Crippen molar-refractivity contribution in [3.8, 4) is 0 Å². The number of aldehydes is 1. The highest BCUT2D eigenvalue weighted by atomic mass is 16.4. The molecule has 47 heavy (non-hydrogen) atoms. The first-order valence-electron chi connectivity index (χ1n) is 18.7. The van der Waals surface area contributed by atoms with Gasteiger partial charge in [0.25, 0.3) is 5.91 Å². The molecule has 7 rings (SSSR count). The minimum atomic E-state index is -0.863. The van der Waals surface area contributed by atoms with Crippen LogP contribution in [0.15, 0.2) is 30.3 Å². The van der Waals surface area contributed by atoms with Crippen LogP contribution >= 0.6 is 0 Å². The topological polar surface area (TPSA) is 89.9 Å². The smallest absolute Gasteiger partial charge is 0.335 e. The molecule has 7 heteroatoms. The molecule has 5 aliphatic carbocycles. The molecule has 8 atom stereocenters. The van der Waals surface area contributed by atoms with Crippen molar-refractivity contribution in [2.24, 2.45) is 45.8 Å². The standard InChI is InChI=1S/C40H57N3O4/c1-37(2)30(27-7-9-28(10-8-27)36(46)47)13-17-39(4)33(37)15-18-38(3)31-14-19-40(16-5-6-32(40)29(31)11-12-34(38)39)41-20-21-42-22-24-43(25-23-42)35(45)26-44/h7-10,13,26,29,31-34,41H,5-6,11-12,14-25H2,1-4H3,(H,46,47)/t29-,31?,32?,33?,34?,38-,39-,40-/m0/s1. The number of allylic oxidation sites excluding steroid dienone is 2. The summed E-state index contributed by atoms with van der Waals surface area (Å²) in [4.78, 5) is 38.3. The van der Waals surface area contributed by atoms with E-state index in [4.69, 9.17) is 0 Å². The maximum Gasteiger partial charge on any atom is 0.335 e. The molecule has 1 saturated heterocycles. The van der Waals surface area contributed by atoms with Gasteiger partial charge in [-0.25, -0.2) is 4.79 Å². The van der Waals surface area contributed by atoms with E-state index in [1.165, 1.54) is 68.9 Å². The van der Waals surface area contributed by atoms with E-state index in [1.54, 1.807) is 17.0 Å². The highest BCUT2D eigenvalue weighted by Crippen LogP contribution is 2.72. The van der Waals surface area contributed by atoms with Gasteiger partial charge in [-0.05, 0) is 127 Å². The van der Waals surface area contributed by atoms with Crippen molar-refractivity contribution in [1.82, 2.24) is 15.1 Å². The first-order chi connectivity index (χ1) is 22.4. The summed E-state index contributed by atoms with van der Waals surface area (Å²) in [6, 6.07) is 7.59. The van der Waals surface area contributed by atoms with E-state index in [0.717, 1.165) is 56.3 Å². The van der Waals surface area contributed by atoms with Crippen LogP contribution in [-0.2, 0) is 9.59 Å². The van der Waals surface area contributed by atoms with Crippen molar-refractivity contribution in [2.45, 2.75) is 97.4 Å². The molecule has 0 aromatic heterocycles. The summed E-state index contributed by atoms with van der Waals surface area (Å²) in [6.07, 6.45) is 16.2. The number of nitrogens with zero attached hydrogens (tertiary/aromatic N) is 2. The molecule has 1 heterocycles. The quantitative estimate of drug-likeness (QED) is 0.260. The van der Waals surface area contributed by atoms with Crippen LogP contribution in [0.5, 0.6) is 0 Å². The third kappa shape index (κ3) is 5.33. The molecule has 2 N–H and O–H groups in total. The Morgan fingerprint density at radius 1 is 0.872 bits per heavy atom. The van der Waals surface area contributed by atoms with E-state index < -0.39 is 5.97 Å². The summed E-state index contributed by atoms with van der Waals surface area (Å²) < 4.78 is 0. The van der Waals surface area contributed by atoms with E-state index >= 15 is 0 Å². The molecule has 1 aromatic rings. The number of benzene rings is 1. The van der Waals surface area contributed by atoms with E-state index in [0.29, 0.717) is 41.8 Å². The Morgan fingerprint density at radius 3 is 2.32 bits per heavy atom. The number of carbonyl (C=O) groups excluding carboxylic acids is 2. The Labute approximate surface area is 281 Å². The number of carbonyl (C=O) groups is 3. The highest BCUT2D eigenvalue weighted by molar-refractivity contribution is 6.23. The van der Waals surface area contributed by atoms with Gasteiger partial charge in [0.1, 0.15) is 0 Å². The van der Waals surface area contributed by atoms with Gasteiger partial charge in [0.15, 0.2) is 0 Å². The maximum absolute atomic E-state index is 11.8. The van der Waals surface area contributed by atoms with Crippen LogP contribution in [-0.4, -0.2) is 77.9 Å². The summed E-state index contributed by atoms with van der Waals surface area (Å²) >= 11 is 0. The van der Waals surface area contributed by atoms with Gasteiger partial charge in [-0.3, -0.25) is 14.5 Å². The second-order valence-corrected chi connectivity index (χ2v) is 17.3. The monoisotopic (exact) mass is 643 g/mol. The first kappa shape index (κ1) is 33.0. The van der Waals surface area contributed by atoms with Gasteiger partial charge in [0.2, 0.25) is 6.29 Å². The Hall–Kier alpha value is -2.51.